The van der Waals surface area contributed by atoms with E-state index in [2.05, 4.69) is 3.53 Å². The summed E-state index contributed by atoms with van der Waals surface area (Å²) in [6.45, 7) is 1.88. The van der Waals surface area contributed by atoms with Crippen LogP contribution in [0.15, 0.2) is 11.8 Å². The molecule has 2 N–H and O–H groups in total. The monoisotopic (exact) mass is 210 g/mol. The zero-order valence-electron chi connectivity index (χ0n) is 4.03. The lowest BCUT2D eigenvalue weighted by molar-refractivity contribution is 1.36. The van der Waals surface area contributed by atoms with E-state index in [0.29, 0.717) is 0 Å². The molecule has 0 unspecified atom stereocenters. The first kappa shape index (κ1) is 6.94. The van der Waals surface area contributed by atoms with Gasteiger partial charge in [-0.2, -0.15) is 0 Å². The Bertz CT molecular complexity index is 87.7. The van der Waals surface area contributed by atoms with E-state index in [0.717, 1.165) is 5.70 Å². The Kier molecular flexibility index (Phi) is 4.07. The van der Waals surface area contributed by atoms with Crippen LogP contribution in [0.2, 0.25) is 0 Å². The number of hydrogen-bond donors (Lipinski definition) is 2. The largest absolute Gasteiger partial charge is 0.327 e. The summed E-state index contributed by atoms with van der Waals surface area (Å²) < 4.78 is 2.79. The highest BCUT2D eigenvalue weighted by molar-refractivity contribution is 14.1. The number of halogens is 1. The molecule has 40 valence electrons. The minimum absolute atomic E-state index is 0.834. The Morgan fingerprint density at radius 1 is 1.86 bits per heavy atom. The molecular formula is C4H7IN2. The van der Waals surface area contributed by atoms with Gasteiger partial charge in [-0.25, -0.2) is 0 Å². The SMILES string of the molecule is CC=C(C=N)NI. The first-order valence-corrected chi connectivity index (χ1v) is 2.96. The molecule has 0 aromatic carbocycles. The van der Waals surface area contributed by atoms with Crippen LogP contribution in [0.1, 0.15) is 6.92 Å². The van der Waals surface area contributed by atoms with Crippen LogP contribution in [0.4, 0.5) is 0 Å². The van der Waals surface area contributed by atoms with Crippen LogP contribution in [0.25, 0.3) is 0 Å². The van der Waals surface area contributed by atoms with Crippen LogP contribution in [0.5, 0.6) is 0 Å². The van der Waals surface area contributed by atoms with Crippen molar-refractivity contribution in [3.05, 3.63) is 11.8 Å². The first-order valence-electron chi connectivity index (χ1n) is 1.88. The molecule has 7 heavy (non-hydrogen) atoms. The van der Waals surface area contributed by atoms with Gasteiger partial charge >= 0.3 is 0 Å². The zero-order chi connectivity index (χ0) is 5.70. The fourth-order valence-corrected chi connectivity index (χ4v) is 0.632. The number of nitrogens with one attached hydrogen (secondary N) is 2. The third-order valence-electron chi connectivity index (χ3n) is 0.576. The normalized spacial score (nSPS) is 10.9. The van der Waals surface area contributed by atoms with Crippen molar-refractivity contribution in [3.63, 3.8) is 0 Å². The molecule has 0 amide bonds. The third-order valence-corrected chi connectivity index (χ3v) is 1.20. The molecule has 0 saturated carbocycles. The summed E-state index contributed by atoms with van der Waals surface area (Å²) in [5, 5.41) is 6.70. The van der Waals surface area contributed by atoms with Crippen LogP contribution in [0.3, 0.4) is 0 Å². The summed E-state index contributed by atoms with van der Waals surface area (Å²) in [7, 11) is 0. The molecule has 0 aliphatic carbocycles. The first-order chi connectivity index (χ1) is 3.35. The van der Waals surface area contributed by atoms with Crippen LogP contribution in [-0.2, 0) is 0 Å². The van der Waals surface area contributed by atoms with Gasteiger partial charge in [0.1, 0.15) is 0 Å². The van der Waals surface area contributed by atoms with Crippen LogP contribution in [0, 0.1) is 5.41 Å². The smallest absolute Gasteiger partial charge is 0.0562 e. The lowest BCUT2D eigenvalue weighted by Crippen LogP contribution is -1.96. The summed E-state index contributed by atoms with van der Waals surface area (Å²) in [6.07, 6.45) is 3.10. The quantitative estimate of drug-likeness (QED) is 0.404. The Labute approximate surface area is 57.0 Å². The fourth-order valence-electron chi connectivity index (χ4n) is 0.165. The second kappa shape index (κ2) is 4.11. The maximum atomic E-state index is 6.70. The summed E-state index contributed by atoms with van der Waals surface area (Å²) in [6, 6.07) is 0. The minimum atomic E-state index is 0.834. The van der Waals surface area contributed by atoms with E-state index in [1.54, 1.807) is 0 Å². The van der Waals surface area contributed by atoms with Crippen molar-refractivity contribution in [2.75, 3.05) is 0 Å². The van der Waals surface area contributed by atoms with Gasteiger partial charge in [0.25, 0.3) is 0 Å². The van der Waals surface area contributed by atoms with Crippen LogP contribution >= 0.6 is 22.9 Å². The van der Waals surface area contributed by atoms with Crippen molar-refractivity contribution >= 4 is 29.1 Å². The molecule has 3 heteroatoms. The molecule has 0 fully saturated rings. The second-order valence-corrected chi connectivity index (χ2v) is 1.52. The molecule has 0 heterocycles. The highest BCUT2D eigenvalue weighted by Crippen LogP contribution is 1.84. The van der Waals surface area contributed by atoms with E-state index >= 15 is 0 Å². The molecule has 0 atom stereocenters. The highest BCUT2D eigenvalue weighted by atomic mass is 127. The van der Waals surface area contributed by atoms with Gasteiger partial charge in [0.2, 0.25) is 0 Å². The van der Waals surface area contributed by atoms with Crippen LogP contribution < -0.4 is 3.53 Å². The molecule has 0 rings (SSSR count). The van der Waals surface area contributed by atoms with Crippen molar-refractivity contribution in [1.29, 1.82) is 5.41 Å². The van der Waals surface area contributed by atoms with Gasteiger partial charge in [-0.1, -0.05) is 6.08 Å². The Morgan fingerprint density at radius 2 is 2.43 bits per heavy atom. The molecule has 2 nitrogen and oxygen atoms in total. The summed E-state index contributed by atoms with van der Waals surface area (Å²) in [4.78, 5) is 0. The fraction of sp³-hybridized carbons (Fsp3) is 0.250. The van der Waals surface area contributed by atoms with Crippen molar-refractivity contribution in [1.82, 2.24) is 3.53 Å². The highest BCUT2D eigenvalue weighted by Gasteiger charge is 1.78. The lowest BCUT2D eigenvalue weighted by atomic mass is 10.5. The number of hydrogen-bond acceptors (Lipinski definition) is 2. The van der Waals surface area contributed by atoms with Gasteiger partial charge < -0.3 is 8.94 Å². The number of rotatable bonds is 2. The third kappa shape index (κ3) is 2.61. The summed E-state index contributed by atoms with van der Waals surface area (Å²) in [5.41, 5.74) is 0.834. The minimum Gasteiger partial charge on any atom is -0.327 e. The Hall–Kier alpha value is -0.0600. The van der Waals surface area contributed by atoms with E-state index in [9.17, 15) is 0 Å². The molecule has 0 saturated heterocycles. The van der Waals surface area contributed by atoms with E-state index < -0.39 is 0 Å². The molecule has 0 aliphatic heterocycles. The lowest BCUT2D eigenvalue weighted by Gasteiger charge is -1.89. The maximum Gasteiger partial charge on any atom is 0.0562 e. The predicted octanol–water partition coefficient (Wildman–Crippen LogP) is 1.48. The standard InChI is InChI=1S/C4H7IN2/c1-2-4(3-6)7-5/h2-3,6-7H,1H3. The van der Waals surface area contributed by atoms with E-state index in [4.69, 9.17) is 5.41 Å². The zero-order valence-corrected chi connectivity index (χ0v) is 6.19. The molecular weight excluding hydrogens is 203 g/mol. The average Bonchev–Trinajstić information content (AvgIpc) is 1.72. The van der Waals surface area contributed by atoms with Crippen molar-refractivity contribution in [2.45, 2.75) is 6.92 Å². The van der Waals surface area contributed by atoms with Gasteiger partial charge in [-0.15, -0.1) is 0 Å². The van der Waals surface area contributed by atoms with Gasteiger partial charge in [0.05, 0.1) is 28.6 Å². The van der Waals surface area contributed by atoms with E-state index in [1.807, 2.05) is 35.9 Å². The summed E-state index contributed by atoms with van der Waals surface area (Å²) in [5.74, 6) is 0. The predicted molar refractivity (Wildman–Crippen MR) is 39.7 cm³/mol. The summed E-state index contributed by atoms with van der Waals surface area (Å²) >= 11 is 1.98. The van der Waals surface area contributed by atoms with Gasteiger partial charge in [-0.3, -0.25) is 0 Å². The Morgan fingerprint density at radius 3 is 2.43 bits per heavy atom. The van der Waals surface area contributed by atoms with E-state index in [-0.39, 0.29) is 0 Å². The molecule has 0 radical (unpaired) electrons. The molecule has 0 aliphatic rings. The maximum absolute atomic E-state index is 6.70. The molecule has 0 spiro atoms. The average molecular weight is 210 g/mol. The topological polar surface area (TPSA) is 35.9 Å². The van der Waals surface area contributed by atoms with Gasteiger partial charge in [-0.05, 0) is 6.92 Å². The van der Waals surface area contributed by atoms with Crippen molar-refractivity contribution in [3.8, 4) is 0 Å². The molecule has 0 bridgehead atoms. The van der Waals surface area contributed by atoms with Crippen molar-refractivity contribution in [2.24, 2.45) is 0 Å². The van der Waals surface area contributed by atoms with Crippen LogP contribution in [-0.4, -0.2) is 6.21 Å². The number of allylic oxidation sites excluding steroid dienone is 2. The second-order valence-electron chi connectivity index (χ2n) is 0.983. The van der Waals surface area contributed by atoms with E-state index in [1.165, 1.54) is 6.21 Å². The van der Waals surface area contributed by atoms with Crippen molar-refractivity contribution < 1.29 is 0 Å². The van der Waals surface area contributed by atoms with Gasteiger partial charge in [0, 0.05) is 6.21 Å². The molecule has 0 aromatic heterocycles. The Balaban J connectivity index is 3.60. The molecule has 0 aromatic rings. The van der Waals surface area contributed by atoms with Gasteiger partial charge in [0.15, 0.2) is 0 Å².